The highest BCUT2D eigenvalue weighted by atomic mass is 32.2. The number of aryl methyl sites for hydroxylation is 10. The predicted octanol–water partition coefficient (Wildman–Crippen LogP) is 16.9. The Balaban J connectivity index is 0.000000223. The fourth-order valence-corrected chi connectivity index (χ4v) is 19.1. The zero-order chi connectivity index (χ0) is 114. The second-order valence-electron chi connectivity index (χ2n) is 25.2. The molecule has 8 heterocycles. The smallest absolute Gasteiger partial charge is 0.267 e. The fraction of sp³-hybridized carbons (Fsp3) is 0.250. The van der Waals surface area contributed by atoms with E-state index in [9.17, 15) is 72.0 Å². The van der Waals surface area contributed by atoms with Gasteiger partial charge < -0.3 is 39.3 Å². The molecule has 0 atom stereocenters. The lowest BCUT2D eigenvalue weighted by atomic mass is 10.0. The summed E-state index contributed by atoms with van der Waals surface area (Å²) < 4.78 is 363. The maximum atomic E-state index is 13.5. The van der Waals surface area contributed by atoms with Crippen molar-refractivity contribution in [1.29, 1.82) is 0 Å². The number of rotatable bonds is 24. The lowest BCUT2D eigenvalue weighted by Crippen LogP contribution is -2.20. The Labute approximate surface area is 750 Å². The van der Waals surface area contributed by atoms with Crippen LogP contribution in [0.5, 0.6) is 0 Å². The highest BCUT2D eigenvalue weighted by Crippen LogP contribution is 2.36. The third-order valence-corrected chi connectivity index (χ3v) is 25.6. The number of aromatic nitrogens is 4. The summed E-state index contributed by atoms with van der Waals surface area (Å²) in [6.07, 6.45) is 0. The van der Waals surface area contributed by atoms with Crippen LogP contribution in [0.15, 0.2) is 132 Å². The van der Waals surface area contributed by atoms with Gasteiger partial charge in [-0.15, -0.1) is 45.3 Å². The molecule has 632 valence electrons. The van der Waals surface area contributed by atoms with E-state index >= 15 is 0 Å². The normalized spacial score (nSPS) is 15.6. The molecule has 40 heteroatoms. The van der Waals surface area contributed by atoms with Crippen molar-refractivity contribution in [3.05, 3.63) is 226 Å². The van der Waals surface area contributed by atoms with E-state index in [-0.39, 0.29) is 103 Å². The number of anilines is 8. The Hall–Kier alpha value is -11.9. The Bertz CT molecular complexity index is 7940. The van der Waals surface area contributed by atoms with Crippen molar-refractivity contribution < 1.29 is 132 Å². The Morgan fingerprint density at radius 2 is 0.583 bits per heavy atom. The summed E-state index contributed by atoms with van der Waals surface area (Å²) in [6, 6.07) is 6.25. The number of amides is 4. The molecule has 0 unspecified atom stereocenters. The van der Waals surface area contributed by atoms with Crippen LogP contribution < -0.4 is 40.1 Å². The SMILES string of the molecule is [2H]c1c(C([2H])([2H])[2H])cc(C([2H])([2H])[2H])c(N([2H])C(=O)c2sccc2S(=O)(=O)N([2H])c2onc(C)c2C([2H])([2H])[2H])c1C(C)=O.[2H]c1c(C([2H])([2H])[2H])cc(C([2H])([2H])[2H])c(N([2H])C(=O)c2sccc2S(=O)(=O)N([2H])c2onc(C)c2C)c1C(C)=O.[2H]c1c(C)cc(C(C)=O)c(N([2H])C(=O)c2sccc2S(=O)(=O)N([2H])c2onc(C)c2C([2H])([2H])[2H])c1C.[2H]c1c(C)cc(C(C)=O)c(N([2H])C(=O)c2sccc2S(=O)(=O)N([2H])c2onc(C)c2C)c1C. The van der Waals surface area contributed by atoms with Crippen LogP contribution in [0.4, 0.5) is 46.3 Å². The number of hydrogen-bond acceptors (Lipinski definition) is 28. The van der Waals surface area contributed by atoms with Crippen molar-refractivity contribution in [2.45, 2.75) is 158 Å². The molecule has 0 spiro atoms. The number of Topliss-reactive ketones (excluding diaryl/α,β-unsaturated/α-hetero) is 4. The quantitative estimate of drug-likeness (QED) is 0.0260. The van der Waals surface area contributed by atoms with Crippen LogP contribution in [0.25, 0.3) is 0 Å². The van der Waals surface area contributed by atoms with Crippen LogP contribution in [0.1, 0.15) is 228 Å². The highest BCUT2D eigenvalue weighted by molar-refractivity contribution is 7.94. The maximum Gasteiger partial charge on any atom is 0.267 e. The number of carbonyl (C=O) groups is 8. The Kier molecular flexibility index (Phi) is 18.0. The standard InChI is InChI=1S/4C20H21N3O5S2/c4*1-10-8-11(2)17(15(9-10)14(5)24)21-19(25)18-16(6-7-29-18)30(26,27)23-20-12(3)13(4)22-28-20/h4*6-9,23H,1-5H3,(H,21,25)/i1D3,2D3,3D3,9D;1D3,2D3,9D;3D3,8D;8D/hD8. The van der Waals surface area contributed by atoms with E-state index in [0.29, 0.717) is 84.8 Å². The van der Waals surface area contributed by atoms with Gasteiger partial charge in [0.25, 0.3) is 63.7 Å². The van der Waals surface area contributed by atoms with Gasteiger partial charge in [0, 0.05) is 69.2 Å². The molecule has 32 nitrogen and oxygen atoms in total. The monoisotopic (exact) mass is 1820 g/mol. The van der Waals surface area contributed by atoms with E-state index in [1.165, 1.54) is 83.7 Å². The average Bonchev–Trinajstić information content (AvgIpc) is 0.865. The zero-order valence-corrected chi connectivity index (χ0v) is 71.3. The third-order valence-electron chi connectivity index (χ3n) is 16.3. The first-order valence-corrected chi connectivity index (χ1v) is 43.0. The van der Waals surface area contributed by atoms with Crippen molar-refractivity contribution in [3.8, 4) is 0 Å². The van der Waals surface area contributed by atoms with Gasteiger partial charge in [0.1, 0.15) is 39.1 Å². The Morgan fingerprint density at radius 1 is 0.333 bits per heavy atom. The summed E-state index contributed by atoms with van der Waals surface area (Å²) in [5.41, 5.74) is -6.02. The minimum absolute atomic E-state index is 0.00638. The molecule has 0 bridgehead atoms. The molecule has 12 aromatic rings. The van der Waals surface area contributed by atoms with Gasteiger partial charge in [-0.1, -0.05) is 44.8 Å². The lowest BCUT2D eigenvalue weighted by Gasteiger charge is -2.14. The minimum Gasteiger partial charge on any atom is -0.337 e. The zero-order valence-electron chi connectivity index (χ0n) is 94.7. The minimum atomic E-state index is -5.10. The van der Waals surface area contributed by atoms with E-state index in [4.69, 9.17) is 59.5 Å². The Morgan fingerprint density at radius 3 is 0.808 bits per heavy atom. The molecule has 0 fully saturated rings. The van der Waals surface area contributed by atoms with Gasteiger partial charge in [-0.05, 0) is 253 Å². The summed E-state index contributed by atoms with van der Waals surface area (Å²) in [4.78, 5) is 98.0. The topological polar surface area (TPSA) is 473 Å². The van der Waals surface area contributed by atoms with Gasteiger partial charge >= 0.3 is 0 Å². The number of benzene rings is 4. The molecule has 0 saturated carbocycles. The lowest BCUT2D eigenvalue weighted by molar-refractivity contribution is 0.100. The molecule has 120 heavy (non-hydrogen) atoms. The highest BCUT2D eigenvalue weighted by Gasteiger charge is 2.33. The number of sulfonamides is 4. The first-order valence-electron chi connectivity index (χ1n) is 48.3. The number of hydrogen-bond donors (Lipinski definition) is 8. The largest absolute Gasteiger partial charge is 0.337 e. The number of nitrogens with one attached hydrogen (secondary N) is 8. The first kappa shape index (κ1) is 58.1. The van der Waals surface area contributed by atoms with Crippen LogP contribution in [-0.2, 0) is 40.1 Å². The van der Waals surface area contributed by atoms with Crippen molar-refractivity contribution in [3.63, 3.8) is 0 Å². The molecule has 8 aromatic heterocycles. The molecule has 0 aliphatic rings. The maximum absolute atomic E-state index is 13.5. The van der Waals surface area contributed by atoms with Gasteiger partial charge in [-0.25, -0.2) is 52.5 Å². The van der Waals surface area contributed by atoms with Gasteiger partial charge in [0.05, 0.1) is 51.0 Å². The molecule has 0 aliphatic carbocycles. The summed E-state index contributed by atoms with van der Waals surface area (Å²) in [5.74, 6) is -10.6. The number of nitrogens with zero attached hydrogens (tertiary/aromatic N) is 4. The van der Waals surface area contributed by atoms with Crippen LogP contribution in [0, 0.1) is 110 Å². The van der Waals surface area contributed by atoms with Crippen LogP contribution in [-0.4, -0.2) is 101 Å². The van der Waals surface area contributed by atoms with Gasteiger partial charge in [0.15, 0.2) is 34.4 Å². The summed E-state index contributed by atoms with van der Waals surface area (Å²) in [5, 5.41) is 19.6. The molecule has 0 aliphatic heterocycles. The van der Waals surface area contributed by atoms with E-state index < -0.39 is 248 Å². The van der Waals surface area contributed by atoms with E-state index in [2.05, 4.69) is 20.6 Å². The van der Waals surface area contributed by atoms with Gasteiger partial charge in [0.2, 0.25) is 23.5 Å². The van der Waals surface area contributed by atoms with Gasteiger partial charge in [-0.2, -0.15) is 0 Å². The van der Waals surface area contributed by atoms with Crippen molar-refractivity contribution >= 4 is 178 Å². The van der Waals surface area contributed by atoms with Crippen LogP contribution in [0.3, 0.4) is 0 Å². The molecule has 0 radical (unpaired) electrons. The molecule has 12 rings (SSSR count). The molecular formula is C80H84N12O20S8. The summed E-state index contributed by atoms with van der Waals surface area (Å²) in [6.45, 7) is 0.955. The molecule has 4 amide bonds. The van der Waals surface area contributed by atoms with E-state index in [1.54, 1.807) is 27.7 Å². The van der Waals surface area contributed by atoms with Crippen molar-refractivity contribution in [2.24, 2.45) is 0 Å². The second kappa shape index (κ2) is 37.2. The van der Waals surface area contributed by atoms with Crippen LogP contribution in [0.2, 0.25) is 11.3 Å². The van der Waals surface area contributed by atoms with Crippen molar-refractivity contribution in [1.82, 2.24) is 20.6 Å². The van der Waals surface area contributed by atoms with E-state index in [1.807, 2.05) is 0 Å². The second-order valence-corrected chi connectivity index (χ2v) is 35.2. The molecule has 0 saturated heterocycles. The first-order chi connectivity index (χ1) is 68.5. The molecule has 4 aromatic carbocycles. The number of thiophene rings is 4. The van der Waals surface area contributed by atoms with E-state index in [0.717, 1.165) is 54.8 Å². The third kappa shape index (κ3) is 21.0. The average molecular weight is 1820 g/mol. The number of carbonyl (C=O) groups excluding carboxylic acids is 8. The summed E-state index contributed by atoms with van der Waals surface area (Å²) in [7, 11) is -19.3. The predicted molar refractivity (Wildman–Crippen MR) is 460 cm³/mol. The summed E-state index contributed by atoms with van der Waals surface area (Å²) >= 11 is 2.47. The van der Waals surface area contributed by atoms with Gasteiger partial charge in [-0.3, -0.25) is 38.4 Å². The molecular weight excluding hydrogens is 1710 g/mol. The van der Waals surface area contributed by atoms with Crippen LogP contribution >= 0.6 is 45.3 Å². The number of ketones is 4. The fourth-order valence-electron chi connectivity index (χ4n) is 10.2. The molecule has 8 N–H and O–H groups in total. The van der Waals surface area contributed by atoms with Crippen molar-refractivity contribution in [2.75, 3.05) is 40.1 Å².